The van der Waals surface area contributed by atoms with Crippen LogP contribution < -0.4 is 0 Å². The molecule has 0 saturated carbocycles. The van der Waals surface area contributed by atoms with E-state index in [0.29, 0.717) is 11.2 Å². The van der Waals surface area contributed by atoms with Crippen molar-refractivity contribution in [3.05, 3.63) is 17.8 Å². The van der Waals surface area contributed by atoms with Gasteiger partial charge >= 0.3 is 0 Å². The van der Waals surface area contributed by atoms with Gasteiger partial charge < -0.3 is 25.2 Å². The first-order valence-electron chi connectivity index (χ1n) is 6.66. The van der Waals surface area contributed by atoms with Gasteiger partial charge in [0, 0.05) is 6.42 Å². The topological polar surface area (TPSA) is 134 Å². The van der Waals surface area contributed by atoms with E-state index in [4.69, 9.17) is 16.3 Å². The smallest absolute Gasteiger partial charge is 0.166 e. The first-order chi connectivity index (χ1) is 10.5. The summed E-state index contributed by atoms with van der Waals surface area (Å²) in [5.74, 6) is 0. The molecule has 2 aromatic rings. The quantitative estimate of drug-likeness (QED) is 0.507. The van der Waals surface area contributed by atoms with Crippen molar-refractivity contribution >= 4 is 22.8 Å². The lowest BCUT2D eigenvalue weighted by Crippen LogP contribution is -2.44. The van der Waals surface area contributed by atoms with Crippen LogP contribution in [-0.4, -0.2) is 71.0 Å². The molecule has 0 spiro atoms. The number of imidazole rings is 1. The Morgan fingerprint density at radius 3 is 2.73 bits per heavy atom. The molecule has 0 aromatic carbocycles. The number of rotatable bonds is 2. The van der Waals surface area contributed by atoms with Gasteiger partial charge in [-0.15, -0.1) is 0 Å². The van der Waals surface area contributed by atoms with Crippen LogP contribution in [0, 0.1) is 0 Å². The van der Waals surface area contributed by atoms with E-state index in [-0.39, 0.29) is 11.6 Å². The fourth-order valence-electron chi connectivity index (χ4n) is 2.50. The summed E-state index contributed by atoms with van der Waals surface area (Å²) in [6.07, 6.45) is -3.21. The zero-order chi connectivity index (χ0) is 15.9. The number of hydrogen-bond acceptors (Lipinski definition) is 8. The summed E-state index contributed by atoms with van der Waals surface area (Å²) in [4.78, 5) is 12.0. The summed E-state index contributed by atoms with van der Waals surface area (Å²) in [5.41, 5.74) is 0.757. The van der Waals surface area contributed by atoms with Gasteiger partial charge in [-0.2, -0.15) is 0 Å². The molecule has 2 aromatic heterocycles. The zero-order valence-corrected chi connectivity index (χ0v) is 12.1. The van der Waals surface area contributed by atoms with E-state index in [1.54, 1.807) is 0 Å². The monoisotopic (exact) mass is 330 g/mol. The Labute approximate surface area is 129 Å². The number of fused-ring (bicyclic) bond motifs is 1. The second-order valence-electron chi connectivity index (χ2n) is 5.08. The van der Waals surface area contributed by atoms with Gasteiger partial charge in [-0.25, -0.2) is 15.0 Å². The van der Waals surface area contributed by atoms with Crippen molar-refractivity contribution < 1.29 is 25.2 Å². The normalized spacial score (nSPS) is 33.0. The fourth-order valence-corrected chi connectivity index (χ4v) is 2.67. The third kappa shape index (κ3) is 2.56. The highest BCUT2D eigenvalue weighted by molar-refractivity contribution is 6.33. The van der Waals surface area contributed by atoms with Gasteiger partial charge in [0.15, 0.2) is 10.8 Å². The predicted octanol–water partition coefficient (Wildman–Crippen LogP) is -1.16. The number of ether oxygens (including phenoxy) is 1. The molecule has 3 rings (SSSR count). The second-order valence-corrected chi connectivity index (χ2v) is 5.44. The standard InChI is InChI=1S/C12H15ClN4O5/c13-11-8-12(15-3-14-11)17(4-16-8)7-1-5(19)9(20)10(21)6(2-18)22-7/h3-7,9-10,18-21H,1-2H2/t5-,6?,7+,9?,10-/m0/s1. The van der Waals surface area contributed by atoms with Gasteiger partial charge in [0.2, 0.25) is 0 Å². The molecule has 0 aliphatic carbocycles. The molecule has 0 bridgehead atoms. The van der Waals surface area contributed by atoms with Crippen molar-refractivity contribution in [2.45, 2.75) is 37.1 Å². The number of nitrogens with zero attached hydrogens (tertiary/aromatic N) is 4. The molecular formula is C12H15ClN4O5. The van der Waals surface area contributed by atoms with Gasteiger partial charge in [0.05, 0.1) is 19.0 Å². The molecule has 0 amide bonds. The Morgan fingerprint density at radius 1 is 1.23 bits per heavy atom. The van der Waals surface area contributed by atoms with Crippen LogP contribution in [0.3, 0.4) is 0 Å². The molecule has 1 aliphatic rings. The van der Waals surface area contributed by atoms with Gasteiger partial charge in [-0.05, 0) is 0 Å². The molecule has 3 heterocycles. The van der Waals surface area contributed by atoms with Crippen LogP contribution in [0.5, 0.6) is 0 Å². The van der Waals surface area contributed by atoms with Crippen LogP contribution in [-0.2, 0) is 4.74 Å². The molecule has 5 atom stereocenters. The number of hydrogen-bond donors (Lipinski definition) is 4. The lowest BCUT2D eigenvalue weighted by atomic mass is 10.0. The Bertz CT molecular complexity index is 668. The molecule has 1 aliphatic heterocycles. The van der Waals surface area contributed by atoms with Gasteiger partial charge in [-0.3, -0.25) is 4.57 Å². The van der Waals surface area contributed by atoms with Crippen molar-refractivity contribution in [3.8, 4) is 0 Å². The molecule has 120 valence electrons. The van der Waals surface area contributed by atoms with Gasteiger partial charge in [-0.1, -0.05) is 11.6 Å². The Balaban J connectivity index is 2.00. The van der Waals surface area contributed by atoms with E-state index in [0.717, 1.165) is 0 Å². The summed E-state index contributed by atoms with van der Waals surface area (Å²) in [6, 6.07) is 0. The molecule has 22 heavy (non-hydrogen) atoms. The first-order valence-corrected chi connectivity index (χ1v) is 7.04. The summed E-state index contributed by atoms with van der Waals surface area (Å²) in [5, 5.41) is 39.2. The first kappa shape index (κ1) is 15.5. The molecule has 4 N–H and O–H groups in total. The van der Waals surface area contributed by atoms with Crippen LogP contribution in [0.2, 0.25) is 5.15 Å². The van der Waals surface area contributed by atoms with Crippen LogP contribution in [0.1, 0.15) is 12.6 Å². The molecule has 10 heteroatoms. The lowest BCUT2D eigenvalue weighted by Gasteiger charge is -2.24. The van der Waals surface area contributed by atoms with Crippen LogP contribution >= 0.6 is 11.6 Å². The molecule has 2 unspecified atom stereocenters. The SMILES string of the molecule is OCC1O[C@@H](n2cnc3c(Cl)ncnc32)C[C@H](O)C(O)[C@H]1O. The molecular weight excluding hydrogens is 316 g/mol. The third-order valence-electron chi connectivity index (χ3n) is 3.70. The highest BCUT2D eigenvalue weighted by Gasteiger charge is 2.39. The molecule has 1 saturated heterocycles. The van der Waals surface area contributed by atoms with E-state index >= 15 is 0 Å². The third-order valence-corrected chi connectivity index (χ3v) is 3.98. The maximum atomic E-state index is 9.97. The minimum absolute atomic E-state index is 0.0121. The van der Waals surface area contributed by atoms with Crippen molar-refractivity contribution in [2.24, 2.45) is 0 Å². The largest absolute Gasteiger partial charge is 0.394 e. The summed E-state index contributed by atoms with van der Waals surface area (Å²) in [6.45, 7) is -0.510. The fraction of sp³-hybridized carbons (Fsp3) is 0.583. The predicted molar refractivity (Wildman–Crippen MR) is 74.0 cm³/mol. The summed E-state index contributed by atoms with van der Waals surface area (Å²) in [7, 11) is 0. The van der Waals surface area contributed by atoms with Crippen LogP contribution in [0.25, 0.3) is 11.2 Å². The van der Waals surface area contributed by atoms with Crippen molar-refractivity contribution in [2.75, 3.05) is 6.61 Å². The average molecular weight is 331 g/mol. The second kappa shape index (κ2) is 6.03. The van der Waals surface area contributed by atoms with E-state index in [2.05, 4.69) is 15.0 Å². The minimum atomic E-state index is -1.42. The van der Waals surface area contributed by atoms with Gasteiger partial charge in [0.1, 0.15) is 36.4 Å². The van der Waals surface area contributed by atoms with Gasteiger partial charge in [0.25, 0.3) is 0 Å². The number of aliphatic hydroxyl groups is 4. The Kier molecular flexibility index (Phi) is 4.26. The highest BCUT2D eigenvalue weighted by Crippen LogP contribution is 2.29. The average Bonchev–Trinajstić information content (AvgIpc) is 2.91. The van der Waals surface area contributed by atoms with Crippen LogP contribution in [0.4, 0.5) is 0 Å². The van der Waals surface area contributed by atoms with Crippen molar-refractivity contribution in [1.29, 1.82) is 0 Å². The Hall–Kier alpha value is -1.36. The number of aromatic nitrogens is 4. The van der Waals surface area contributed by atoms with E-state index in [1.807, 2.05) is 0 Å². The maximum absolute atomic E-state index is 9.97. The molecule has 1 fully saturated rings. The molecule has 9 nitrogen and oxygen atoms in total. The highest BCUT2D eigenvalue weighted by atomic mass is 35.5. The summed E-state index contributed by atoms with van der Waals surface area (Å²) >= 11 is 5.94. The minimum Gasteiger partial charge on any atom is -0.394 e. The number of halogens is 1. The van der Waals surface area contributed by atoms with Crippen LogP contribution in [0.15, 0.2) is 12.7 Å². The molecule has 0 radical (unpaired) electrons. The summed E-state index contributed by atoms with van der Waals surface area (Å²) < 4.78 is 7.12. The van der Waals surface area contributed by atoms with E-state index in [1.165, 1.54) is 17.2 Å². The van der Waals surface area contributed by atoms with E-state index in [9.17, 15) is 20.4 Å². The maximum Gasteiger partial charge on any atom is 0.166 e. The lowest BCUT2D eigenvalue weighted by molar-refractivity contribution is -0.130. The van der Waals surface area contributed by atoms with E-state index < -0.39 is 37.3 Å². The van der Waals surface area contributed by atoms with Crippen molar-refractivity contribution in [3.63, 3.8) is 0 Å². The number of aliphatic hydroxyl groups excluding tert-OH is 4. The van der Waals surface area contributed by atoms with Crippen molar-refractivity contribution in [1.82, 2.24) is 19.5 Å². The Morgan fingerprint density at radius 2 is 2.00 bits per heavy atom. The zero-order valence-electron chi connectivity index (χ0n) is 11.3.